The molecule has 4 N–H and O–H groups in total. The summed E-state index contributed by atoms with van der Waals surface area (Å²) in [4.78, 5) is 31.9. The number of amides is 2. The molecule has 0 aliphatic carbocycles. The standard InChI is InChI=1S/C8H12N2O4/c1-2-3-7(12)10-5(8(13)14)4-6(9)11/h2,5H,1,3-4H2,(H2,9,11)(H,10,12)(H,13,14). The maximum Gasteiger partial charge on any atom is 0.326 e. The lowest BCUT2D eigenvalue weighted by atomic mass is 10.2. The van der Waals surface area contributed by atoms with Gasteiger partial charge in [0.05, 0.1) is 6.42 Å². The molecule has 0 radical (unpaired) electrons. The third-order valence-electron chi connectivity index (χ3n) is 1.37. The van der Waals surface area contributed by atoms with Crippen LogP contribution in [0.4, 0.5) is 0 Å². The number of rotatable bonds is 6. The Morgan fingerprint density at radius 3 is 2.43 bits per heavy atom. The molecular formula is C8H12N2O4. The van der Waals surface area contributed by atoms with E-state index in [1.165, 1.54) is 6.08 Å². The van der Waals surface area contributed by atoms with Crippen molar-refractivity contribution in [3.05, 3.63) is 12.7 Å². The molecule has 1 atom stereocenters. The third kappa shape index (κ3) is 4.91. The summed E-state index contributed by atoms with van der Waals surface area (Å²) in [5.41, 5.74) is 4.81. The first-order valence-electron chi connectivity index (χ1n) is 3.88. The molecule has 0 aliphatic heterocycles. The summed E-state index contributed by atoms with van der Waals surface area (Å²) in [7, 11) is 0. The van der Waals surface area contributed by atoms with Gasteiger partial charge < -0.3 is 16.2 Å². The van der Waals surface area contributed by atoms with Crippen LogP contribution in [0.15, 0.2) is 12.7 Å². The van der Waals surface area contributed by atoms with Gasteiger partial charge in [-0.05, 0) is 0 Å². The van der Waals surface area contributed by atoms with Crippen LogP contribution in [0.1, 0.15) is 12.8 Å². The fraction of sp³-hybridized carbons (Fsp3) is 0.375. The van der Waals surface area contributed by atoms with Gasteiger partial charge in [-0.25, -0.2) is 4.79 Å². The molecule has 0 spiro atoms. The van der Waals surface area contributed by atoms with Crippen LogP contribution in [0.3, 0.4) is 0 Å². The Kier molecular flexibility index (Phi) is 4.98. The third-order valence-corrected chi connectivity index (χ3v) is 1.37. The Hall–Kier alpha value is -1.85. The van der Waals surface area contributed by atoms with Crippen LogP contribution in [0.25, 0.3) is 0 Å². The second-order valence-corrected chi connectivity index (χ2v) is 2.62. The summed E-state index contributed by atoms with van der Waals surface area (Å²) in [6.07, 6.45) is 0.916. The van der Waals surface area contributed by atoms with Crippen molar-refractivity contribution in [3.8, 4) is 0 Å². The molecule has 0 saturated carbocycles. The fourth-order valence-corrected chi connectivity index (χ4v) is 0.786. The summed E-state index contributed by atoms with van der Waals surface area (Å²) in [5.74, 6) is -2.58. The smallest absolute Gasteiger partial charge is 0.326 e. The van der Waals surface area contributed by atoms with E-state index in [1.807, 2.05) is 0 Å². The lowest BCUT2D eigenvalue weighted by molar-refractivity contribution is -0.143. The van der Waals surface area contributed by atoms with Crippen LogP contribution in [-0.2, 0) is 14.4 Å². The molecule has 0 heterocycles. The van der Waals surface area contributed by atoms with E-state index in [-0.39, 0.29) is 6.42 Å². The van der Waals surface area contributed by atoms with E-state index >= 15 is 0 Å². The highest BCUT2D eigenvalue weighted by atomic mass is 16.4. The minimum Gasteiger partial charge on any atom is -0.480 e. The van der Waals surface area contributed by atoms with Gasteiger partial charge in [-0.1, -0.05) is 6.08 Å². The second-order valence-electron chi connectivity index (χ2n) is 2.62. The maximum atomic E-state index is 10.9. The van der Waals surface area contributed by atoms with Crippen LogP contribution in [0, 0.1) is 0 Å². The summed E-state index contributed by atoms with van der Waals surface area (Å²) >= 11 is 0. The number of nitrogens with one attached hydrogen (secondary N) is 1. The molecule has 6 heteroatoms. The Morgan fingerprint density at radius 1 is 1.50 bits per heavy atom. The second kappa shape index (κ2) is 5.74. The molecule has 0 aromatic carbocycles. The first-order valence-corrected chi connectivity index (χ1v) is 3.88. The largest absolute Gasteiger partial charge is 0.480 e. The van der Waals surface area contributed by atoms with Crippen molar-refractivity contribution in [2.24, 2.45) is 5.73 Å². The maximum absolute atomic E-state index is 10.9. The quantitative estimate of drug-likeness (QED) is 0.478. The van der Waals surface area contributed by atoms with Gasteiger partial charge in [-0.15, -0.1) is 6.58 Å². The number of aliphatic carboxylic acids is 1. The zero-order valence-corrected chi connectivity index (χ0v) is 7.53. The van der Waals surface area contributed by atoms with E-state index in [0.29, 0.717) is 0 Å². The average molecular weight is 200 g/mol. The van der Waals surface area contributed by atoms with Gasteiger partial charge in [0, 0.05) is 6.42 Å². The first-order chi connectivity index (χ1) is 6.47. The van der Waals surface area contributed by atoms with Gasteiger partial charge in [0.25, 0.3) is 0 Å². The lowest BCUT2D eigenvalue weighted by Crippen LogP contribution is -2.43. The molecule has 2 amide bonds. The normalized spacial score (nSPS) is 11.4. The SMILES string of the molecule is C=CCC(=O)NC(CC(N)=O)C(=O)O. The van der Waals surface area contributed by atoms with Gasteiger partial charge in [0.2, 0.25) is 11.8 Å². The molecule has 78 valence electrons. The van der Waals surface area contributed by atoms with E-state index in [0.717, 1.165) is 0 Å². The Labute approximate surface area is 80.8 Å². The minimum absolute atomic E-state index is 0.00252. The molecule has 0 aliphatic rings. The number of hydrogen-bond donors (Lipinski definition) is 3. The van der Waals surface area contributed by atoms with E-state index in [2.05, 4.69) is 11.9 Å². The summed E-state index contributed by atoms with van der Waals surface area (Å²) in [6, 6.07) is -1.26. The average Bonchev–Trinajstić information content (AvgIpc) is 2.02. The molecule has 0 saturated heterocycles. The number of carbonyl (C=O) groups excluding carboxylic acids is 2. The van der Waals surface area contributed by atoms with Crippen LogP contribution in [0.2, 0.25) is 0 Å². The minimum atomic E-state index is -1.29. The molecule has 14 heavy (non-hydrogen) atoms. The number of nitrogens with two attached hydrogens (primary N) is 1. The van der Waals surface area contributed by atoms with Gasteiger partial charge in [-0.3, -0.25) is 9.59 Å². The van der Waals surface area contributed by atoms with Crippen molar-refractivity contribution in [1.82, 2.24) is 5.32 Å². The molecule has 6 nitrogen and oxygen atoms in total. The van der Waals surface area contributed by atoms with Gasteiger partial charge in [-0.2, -0.15) is 0 Å². The zero-order valence-electron chi connectivity index (χ0n) is 7.53. The topological polar surface area (TPSA) is 109 Å². The predicted molar refractivity (Wildman–Crippen MR) is 48.2 cm³/mol. The highest BCUT2D eigenvalue weighted by Crippen LogP contribution is 1.93. The van der Waals surface area contributed by atoms with E-state index in [4.69, 9.17) is 10.8 Å². The van der Waals surface area contributed by atoms with Crippen molar-refractivity contribution in [3.63, 3.8) is 0 Å². The molecule has 0 aromatic rings. The molecule has 0 rings (SSSR count). The summed E-state index contributed by atoms with van der Waals surface area (Å²) in [5, 5.41) is 10.7. The molecule has 0 bridgehead atoms. The van der Waals surface area contributed by atoms with E-state index < -0.39 is 30.2 Å². The van der Waals surface area contributed by atoms with Crippen molar-refractivity contribution >= 4 is 17.8 Å². The van der Waals surface area contributed by atoms with E-state index in [1.54, 1.807) is 0 Å². The van der Waals surface area contributed by atoms with Crippen LogP contribution in [-0.4, -0.2) is 28.9 Å². The van der Waals surface area contributed by atoms with Crippen molar-refractivity contribution in [2.75, 3.05) is 0 Å². The number of carbonyl (C=O) groups is 3. The highest BCUT2D eigenvalue weighted by molar-refractivity contribution is 5.88. The fourth-order valence-electron chi connectivity index (χ4n) is 0.786. The Morgan fingerprint density at radius 2 is 2.07 bits per heavy atom. The highest BCUT2D eigenvalue weighted by Gasteiger charge is 2.21. The van der Waals surface area contributed by atoms with Crippen molar-refractivity contribution in [2.45, 2.75) is 18.9 Å². The van der Waals surface area contributed by atoms with E-state index in [9.17, 15) is 14.4 Å². The molecule has 1 unspecified atom stereocenters. The van der Waals surface area contributed by atoms with Gasteiger partial charge in [0.15, 0.2) is 0 Å². The summed E-state index contributed by atoms with van der Waals surface area (Å²) < 4.78 is 0. The summed E-state index contributed by atoms with van der Waals surface area (Å²) in [6.45, 7) is 3.31. The molecule has 0 fully saturated rings. The van der Waals surface area contributed by atoms with Gasteiger partial charge >= 0.3 is 5.97 Å². The van der Waals surface area contributed by atoms with Crippen LogP contribution < -0.4 is 11.1 Å². The Balaban J connectivity index is 4.22. The lowest BCUT2D eigenvalue weighted by Gasteiger charge is -2.11. The number of carboxylic acid groups (broad SMARTS) is 1. The monoisotopic (exact) mass is 200 g/mol. The van der Waals surface area contributed by atoms with Crippen LogP contribution >= 0.6 is 0 Å². The number of hydrogen-bond acceptors (Lipinski definition) is 3. The Bertz CT molecular complexity index is 262. The van der Waals surface area contributed by atoms with Crippen molar-refractivity contribution in [1.29, 1.82) is 0 Å². The van der Waals surface area contributed by atoms with Crippen molar-refractivity contribution < 1.29 is 19.5 Å². The number of carboxylic acids is 1. The van der Waals surface area contributed by atoms with Crippen LogP contribution in [0.5, 0.6) is 0 Å². The predicted octanol–water partition coefficient (Wildman–Crippen LogP) is -0.993. The number of primary amides is 1. The van der Waals surface area contributed by atoms with Gasteiger partial charge in [0.1, 0.15) is 6.04 Å². The zero-order chi connectivity index (χ0) is 11.1. The first kappa shape index (κ1) is 12.2. The molecular weight excluding hydrogens is 188 g/mol. The molecule has 0 aromatic heterocycles.